The Morgan fingerprint density at radius 1 is 1.19 bits per heavy atom. The van der Waals surface area contributed by atoms with E-state index in [-0.39, 0.29) is 17.2 Å². The van der Waals surface area contributed by atoms with Crippen molar-refractivity contribution in [2.75, 3.05) is 0 Å². The predicted molar refractivity (Wildman–Crippen MR) is 59.8 cm³/mol. The van der Waals surface area contributed by atoms with Crippen LogP contribution in [0.5, 0.6) is 0 Å². The summed E-state index contributed by atoms with van der Waals surface area (Å²) in [4.78, 5) is 10.4. The van der Waals surface area contributed by atoms with Crippen LogP contribution in [0.1, 0.15) is 53.4 Å². The quantitative estimate of drug-likeness (QED) is 0.647. The molecule has 0 aromatic rings. The molecular weight excluding hydrogens is 208 g/mol. The molecule has 94 valence electrons. The Hall–Kier alpha value is -0.610. The molecule has 4 nitrogen and oxygen atoms in total. The molecule has 0 spiro atoms. The summed E-state index contributed by atoms with van der Waals surface area (Å²) in [6, 6.07) is 0. The van der Waals surface area contributed by atoms with Crippen molar-refractivity contribution in [1.29, 1.82) is 0 Å². The fourth-order valence-electron chi connectivity index (χ4n) is 1.77. The lowest BCUT2D eigenvalue weighted by molar-refractivity contribution is -0.145. The normalized spacial score (nSPS) is 30.6. The second-order valence-electron chi connectivity index (χ2n) is 5.60. The van der Waals surface area contributed by atoms with Gasteiger partial charge in [0, 0.05) is 12.8 Å². The summed E-state index contributed by atoms with van der Waals surface area (Å²) in [7, 11) is 0. The molecular formula is C12H22O4. The Kier molecular flexibility index (Phi) is 3.97. The first-order valence-electron chi connectivity index (χ1n) is 5.78. The molecule has 0 aliphatic carbocycles. The van der Waals surface area contributed by atoms with Gasteiger partial charge in [0.1, 0.15) is 5.60 Å². The third-order valence-corrected chi connectivity index (χ3v) is 2.77. The lowest BCUT2D eigenvalue weighted by Gasteiger charge is -2.15. The van der Waals surface area contributed by atoms with Crippen LogP contribution < -0.4 is 0 Å². The summed E-state index contributed by atoms with van der Waals surface area (Å²) in [5, 5.41) is 8.84. The Bertz CT molecular complexity index is 258. The highest BCUT2D eigenvalue weighted by Gasteiger charge is 2.30. The Morgan fingerprint density at radius 2 is 1.81 bits per heavy atom. The third-order valence-electron chi connectivity index (χ3n) is 2.77. The monoisotopic (exact) mass is 230 g/mol. The minimum atomic E-state index is -0.509. The van der Waals surface area contributed by atoms with E-state index < -0.39 is 6.29 Å². The molecule has 2 aliphatic rings. The van der Waals surface area contributed by atoms with E-state index in [4.69, 9.17) is 14.6 Å². The van der Waals surface area contributed by atoms with Gasteiger partial charge in [-0.3, -0.25) is 4.79 Å². The van der Waals surface area contributed by atoms with Crippen LogP contribution in [0, 0.1) is 0 Å². The summed E-state index contributed by atoms with van der Waals surface area (Å²) in [6.07, 6.45) is 2.70. The molecule has 1 N–H and O–H groups in total. The number of carbonyl (C=O) groups is 1. The SMILES string of the molecule is CC1(C)CCC(=O)O1.CC1(C)CCC(O)O1. The Labute approximate surface area is 96.9 Å². The lowest BCUT2D eigenvalue weighted by Crippen LogP contribution is -2.19. The van der Waals surface area contributed by atoms with Gasteiger partial charge >= 0.3 is 5.97 Å². The third kappa shape index (κ3) is 4.49. The molecule has 1 unspecified atom stereocenters. The molecule has 0 saturated carbocycles. The van der Waals surface area contributed by atoms with Crippen LogP contribution in [-0.2, 0) is 14.3 Å². The van der Waals surface area contributed by atoms with Gasteiger partial charge in [-0.25, -0.2) is 0 Å². The maximum absolute atomic E-state index is 10.4. The minimum absolute atomic E-state index is 0.0602. The van der Waals surface area contributed by atoms with Crippen molar-refractivity contribution in [3.8, 4) is 0 Å². The van der Waals surface area contributed by atoms with E-state index in [2.05, 4.69) is 0 Å². The van der Waals surface area contributed by atoms with Gasteiger partial charge in [0.25, 0.3) is 0 Å². The number of aliphatic hydroxyl groups is 1. The zero-order valence-electron chi connectivity index (χ0n) is 10.6. The van der Waals surface area contributed by atoms with Crippen LogP contribution in [0.15, 0.2) is 0 Å². The van der Waals surface area contributed by atoms with Crippen molar-refractivity contribution in [3.05, 3.63) is 0 Å². The molecule has 0 bridgehead atoms. The average Bonchev–Trinajstić information content (AvgIpc) is 2.56. The number of hydrogen-bond donors (Lipinski definition) is 1. The van der Waals surface area contributed by atoms with Gasteiger partial charge in [0.2, 0.25) is 0 Å². The van der Waals surface area contributed by atoms with Crippen molar-refractivity contribution in [3.63, 3.8) is 0 Å². The second kappa shape index (κ2) is 4.72. The molecule has 2 fully saturated rings. The number of esters is 1. The highest BCUT2D eigenvalue weighted by Crippen LogP contribution is 2.27. The van der Waals surface area contributed by atoms with E-state index in [1.54, 1.807) is 0 Å². The summed E-state index contributed by atoms with van der Waals surface area (Å²) < 4.78 is 10.0. The van der Waals surface area contributed by atoms with Gasteiger partial charge < -0.3 is 14.6 Å². The molecule has 0 radical (unpaired) electrons. The Balaban J connectivity index is 0.000000160. The summed E-state index contributed by atoms with van der Waals surface area (Å²) >= 11 is 0. The van der Waals surface area contributed by atoms with Crippen LogP contribution in [0.4, 0.5) is 0 Å². The van der Waals surface area contributed by atoms with Gasteiger partial charge in [-0.1, -0.05) is 0 Å². The molecule has 4 heteroatoms. The van der Waals surface area contributed by atoms with E-state index in [1.807, 2.05) is 27.7 Å². The van der Waals surface area contributed by atoms with Crippen LogP contribution in [-0.4, -0.2) is 28.6 Å². The number of carbonyl (C=O) groups excluding carboxylic acids is 1. The molecule has 0 amide bonds. The first-order valence-corrected chi connectivity index (χ1v) is 5.78. The summed E-state index contributed by atoms with van der Waals surface area (Å²) in [5.41, 5.74) is -0.267. The van der Waals surface area contributed by atoms with E-state index in [0.29, 0.717) is 6.42 Å². The molecule has 2 heterocycles. The van der Waals surface area contributed by atoms with Crippen LogP contribution >= 0.6 is 0 Å². The number of cyclic esters (lactones) is 1. The van der Waals surface area contributed by atoms with Gasteiger partial charge in [0.15, 0.2) is 6.29 Å². The molecule has 0 aromatic heterocycles. The van der Waals surface area contributed by atoms with Crippen molar-refractivity contribution in [1.82, 2.24) is 0 Å². The first-order chi connectivity index (χ1) is 7.20. The fourth-order valence-corrected chi connectivity index (χ4v) is 1.77. The highest BCUT2D eigenvalue weighted by molar-refractivity contribution is 5.72. The maximum atomic E-state index is 10.4. The van der Waals surface area contributed by atoms with Crippen LogP contribution in [0.25, 0.3) is 0 Å². The first kappa shape index (κ1) is 13.5. The average molecular weight is 230 g/mol. The molecule has 0 aromatic carbocycles. The van der Waals surface area contributed by atoms with Gasteiger partial charge in [0.05, 0.1) is 5.60 Å². The van der Waals surface area contributed by atoms with Crippen LogP contribution in [0.3, 0.4) is 0 Å². The van der Waals surface area contributed by atoms with Crippen LogP contribution in [0.2, 0.25) is 0 Å². The zero-order chi connectivity index (χ0) is 12.4. The Morgan fingerprint density at radius 3 is 1.94 bits per heavy atom. The van der Waals surface area contributed by atoms with E-state index >= 15 is 0 Å². The predicted octanol–water partition coefficient (Wildman–Crippen LogP) is 2.00. The number of rotatable bonds is 0. The van der Waals surface area contributed by atoms with Crippen molar-refractivity contribution < 1.29 is 19.4 Å². The van der Waals surface area contributed by atoms with E-state index in [1.165, 1.54) is 0 Å². The maximum Gasteiger partial charge on any atom is 0.306 e. The lowest BCUT2D eigenvalue weighted by atomic mass is 10.1. The zero-order valence-corrected chi connectivity index (χ0v) is 10.6. The molecule has 16 heavy (non-hydrogen) atoms. The topological polar surface area (TPSA) is 55.8 Å². The van der Waals surface area contributed by atoms with E-state index in [9.17, 15) is 4.79 Å². The summed E-state index contributed by atoms with van der Waals surface area (Å²) in [6.45, 7) is 7.84. The molecule has 2 saturated heterocycles. The molecule has 1 atom stereocenters. The molecule has 2 rings (SSSR count). The number of aliphatic hydroxyl groups excluding tert-OH is 1. The van der Waals surface area contributed by atoms with E-state index in [0.717, 1.165) is 19.3 Å². The minimum Gasteiger partial charge on any atom is -0.460 e. The van der Waals surface area contributed by atoms with Crippen molar-refractivity contribution >= 4 is 5.97 Å². The van der Waals surface area contributed by atoms with Crippen molar-refractivity contribution in [2.45, 2.75) is 70.9 Å². The largest absolute Gasteiger partial charge is 0.460 e. The summed E-state index contributed by atoms with van der Waals surface area (Å²) in [5.74, 6) is -0.0602. The number of ether oxygens (including phenoxy) is 2. The fraction of sp³-hybridized carbons (Fsp3) is 0.917. The number of hydrogen-bond acceptors (Lipinski definition) is 4. The smallest absolute Gasteiger partial charge is 0.306 e. The standard InChI is InChI=1S/C6H12O2.C6H10O2/c2*1-6(2)4-3-5(7)8-6/h5,7H,3-4H2,1-2H3;3-4H2,1-2H3. The van der Waals surface area contributed by atoms with Gasteiger partial charge in [-0.05, 0) is 40.5 Å². The highest BCUT2D eigenvalue weighted by atomic mass is 16.6. The second-order valence-corrected chi connectivity index (χ2v) is 5.60. The van der Waals surface area contributed by atoms with Gasteiger partial charge in [-0.2, -0.15) is 0 Å². The molecule has 2 aliphatic heterocycles. The van der Waals surface area contributed by atoms with Crippen molar-refractivity contribution in [2.24, 2.45) is 0 Å². The van der Waals surface area contributed by atoms with Gasteiger partial charge in [-0.15, -0.1) is 0 Å².